The highest BCUT2D eigenvalue weighted by Gasteiger charge is 2.20. The van der Waals surface area contributed by atoms with Crippen LogP contribution < -0.4 is 4.74 Å². The number of fused-ring (bicyclic) bond motifs is 1. The van der Waals surface area contributed by atoms with Gasteiger partial charge in [0.1, 0.15) is 10.8 Å². The number of piperazine rings is 1. The molecule has 0 N–H and O–H groups in total. The van der Waals surface area contributed by atoms with Gasteiger partial charge in [-0.25, -0.2) is 4.98 Å². The van der Waals surface area contributed by atoms with Gasteiger partial charge in [0.2, 0.25) is 5.91 Å². The Morgan fingerprint density at radius 3 is 2.66 bits per heavy atom. The van der Waals surface area contributed by atoms with Crippen LogP contribution >= 0.6 is 11.3 Å². The molecule has 2 aromatic carbocycles. The van der Waals surface area contributed by atoms with Crippen LogP contribution in [0.3, 0.4) is 0 Å². The largest absolute Gasteiger partial charge is 0.493 e. The van der Waals surface area contributed by atoms with Crippen LogP contribution in [0.5, 0.6) is 5.75 Å². The van der Waals surface area contributed by atoms with Crippen molar-refractivity contribution in [1.29, 1.82) is 0 Å². The summed E-state index contributed by atoms with van der Waals surface area (Å²) in [5.41, 5.74) is 2.00. The van der Waals surface area contributed by atoms with Crippen LogP contribution in [0.15, 0.2) is 54.6 Å². The molecule has 5 nitrogen and oxygen atoms in total. The zero-order valence-corrected chi connectivity index (χ0v) is 17.4. The summed E-state index contributed by atoms with van der Waals surface area (Å²) in [5.74, 6) is 0.857. The molecule has 0 unspecified atom stereocenters. The van der Waals surface area contributed by atoms with E-state index in [1.165, 1.54) is 4.70 Å². The topological polar surface area (TPSA) is 45.7 Å². The number of ether oxygens (including phenoxy) is 1. The van der Waals surface area contributed by atoms with E-state index in [0.29, 0.717) is 6.61 Å². The number of benzene rings is 2. The van der Waals surface area contributed by atoms with E-state index >= 15 is 0 Å². The second-order valence-corrected chi connectivity index (χ2v) is 8.10. The van der Waals surface area contributed by atoms with E-state index in [2.05, 4.69) is 23.1 Å². The average Bonchev–Trinajstić information content (AvgIpc) is 3.16. The summed E-state index contributed by atoms with van der Waals surface area (Å²) >= 11 is 1.75. The van der Waals surface area contributed by atoms with E-state index in [9.17, 15) is 4.79 Å². The van der Waals surface area contributed by atoms with Crippen molar-refractivity contribution in [2.75, 3.05) is 32.8 Å². The number of carbonyl (C=O) groups excluding carboxylic acids is 1. The van der Waals surface area contributed by atoms with Crippen molar-refractivity contribution in [1.82, 2.24) is 14.8 Å². The van der Waals surface area contributed by atoms with Gasteiger partial charge >= 0.3 is 0 Å². The molecule has 2 heterocycles. The maximum absolute atomic E-state index is 12.6. The maximum atomic E-state index is 12.6. The van der Waals surface area contributed by atoms with E-state index in [1.807, 2.05) is 48.2 Å². The molecule has 29 heavy (non-hydrogen) atoms. The van der Waals surface area contributed by atoms with Crippen LogP contribution in [0.1, 0.15) is 17.5 Å². The number of carbonyl (C=O) groups is 1. The summed E-state index contributed by atoms with van der Waals surface area (Å²) < 4.78 is 6.85. The van der Waals surface area contributed by atoms with Gasteiger partial charge in [-0.1, -0.05) is 30.3 Å². The number of thiazole rings is 1. The van der Waals surface area contributed by atoms with Crippen LogP contribution in [0.25, 0.3) is 16.3 Å². The van der Waals surface area contributed by atoms with Crippen LogP contribution in [0, 0.1) is 0 Å². The Balaban J connectivity index is 1.31. The van der Waals surface area contributed by atoms with Gasteiger partial charge in [-0.3, -0.25) is 9.69 Å². The minimum absolute atomic E-state index is 0.0518. The van der Waals surface area contributed by atoms with Gasteiger partial charge < -0.3 is 9.64 Å². The van der Waals surface area contributed by atoms with Crippen molar-refractivity contribution in [2.45, 2.75) is 13.5 Å². The fraction of sp³-hybridized carbons (Fsp3) is 0.304. The smallest absolute Gasteiger partial charge is 0.246 e. The normalized spacial score (nSPS) is 15.3. The predicted octanol–water partition coefficient (Wildman–Crippen LogP) is 4.05. The molecular formula is C23H25N3O2S. The number of hydrogen-bond acceptors (Lipinski definition) is 5. The summed E-state index contributed by atoms with van der Waals surface area (Å²) in [6.45, 7) is 6.62. The van der Waals surface area contributed by atoms with Gasteiger partial charge in [-0.05, 0) is 31.2 Å². The molecule has 0 saturated carbocycles. The fourth-order valence-corrected chi connectivity index (χ4v) is 4.49. The summed E-state index contributed by atoms with van der Waals surface area (Å²) in [7, 11) is 0. The third-order valence-corrected chi connectivity index (χ3v) is 6.03. The Bertz CT molecular complexity index is 973. The van der Waals surface area contributed by atoms with Gasteiger partial charge in [0, 0.05) is 37.8 Å². The lowest BCUT2D eigenvalue weighted by molar-refractivity contribution is -0.127. The Morgan fingerprint density at radius 2 is 1.86 bits per heavy atom. The summed E-state index contributed by atoms with van der Waals surface area (Å²) in [5, 5.41) is 1.14. The lowest BCUT2D eigenvalue weighted by Crippen LogP contribution is -2.47. The van der Waals surface area contributed by atoms with Crippen LogP contribution in [0.4, 0.5) is 0 Å². The molecular weight excluding hydrogens is 382 g/mol. The third-order valence-electron chi connectivity index (χ3n) is 5.01. The molecule has 0 atom stereocenters. The van der Waals surface area contributed by atoms with Crippen molar-refractivity contribution >= 4 is 33.5 Å². The monoisotopic (exact) mass is 407 g/mol. The molecule has 1 aliphatic heterocycles. The maximum Gasteiger partial charge on any atom is 0.246 e. The van der Waals surface area contributed by atoms with Gasteiger partial charge in [0.15, 0.2) is 0 Å². The minimum Gasteiger partial charge on any atom is -0.493 e. The molecule has 1 aromatic heterocycles. The summed E-state index contributed by atoms with van der Waals surface area (Å²) in [6, 6.07) is 16.0. The molecule has 3 aromatic rings. The highest BCUT2D eigenvalue weighted by Crippen LogP contribution is 2.23. The molecule has 0 radical (unpaired) electrons. The van der Waals surface area contributed by atoms with Crippen LogP contribution in [-0.4, -0.2) is 53.5 Å². The van der Waals surface area contributed by atoms with E-state index in [4.69, 9.17) is 9.72 Å². The number of hydrogen-bond donors (Lipinski definition) is 0. The number of aromatic nitrogens is 1. The molecule has 1 fully saturated rings. The van der Waals surface area contributed by atoms with Gasteiger partial charge in [-0.2, -0.15) is 0 Å². The van der Waals surface area contributed by atoms with Crippen molar-refractivity contribution in [2.24, 2.45) is 0 Å². The Morgan fingerprint density at radius 1 is 1.10 bits per heavy atom. The highest BCUT2D eigenvalue weighted by atomic mass is 32.1. The Hall–Kier alpha value is -2.70. The fourth-order valence-electron chi connectivity index (χ4n) is 3.48. The van der Waals surface area contributed by atoms with Crippen LogP contribution in [-0.2, 0) is 11.3 Å². The number of rotatable bonds is 6. The van der Waals surface area contributed by atoms with Crippen molar-refractivity contribution in [3.05, 3.63) is 65.2 Å². The number of amides is 1. The van der Waals surface area contributed by atoms with Gasteiger partial charge in [-0.15, -0.1) is 11.3 Å². The first-order valence-electron chi connectivity index (χ1n) is 9.98. The lowest BCUT2D eigenvalue weighted by atomic mass is 10.2. The standard InChI is InChI=1S/C23H25N3O2S/c1-2-28-20-9-5-3-7-18(20)11-12-23(27)26-15-13-25(14-16-26)17-22-24-19-8-4-6-10-21(19)29-22/h3-12H,2,13-17H2,1H3/b12-11+. The van der Waals surface area contributed by atoms with E-state index < -0.39 is 0 Å². The highest BCUT2D eigenvalue weighted by molar-refractivity contribution is 7.18. The Labute approximate surface area is 175 Å². The predicted molar refractivity (Wildman–Crippen MR) is 118 cm³/mol. The van der Waals surface area contributed by atoms with E-state index in [0.717, 1.165) is 54.6 Å². The van der Waals surface area contributed by atoms with Crippen molar-refractivity contribution in [3.8, 4) is 5.75 Å². The molecule has 4 rings (SSSR count). The first kappa shape index (κ1) is 19.6. The molecule has 1 saturated heterocycles. The number of para-hydroxylation sites is 2. The molecule has 0 bridgehead atoms. The van der Waals surface area contributed by atoms with E-state index in [1.54, 1.807) is 17.4 Å². The van der Waals surface area contributed by atoms with E-state index in [-0.39, 0.29) is 5.91 Å². The molecule has 1 amide bonds. The van der Waals surface area contributed by atoms with Gasteiger partial charge in [0.25, 0.3) is 0 Å². The molecule has 150 valence electrons. The average molecular weight is 408 g/mol. The SMILES string of the molecule is CCOc1ccccc1/C=C/C(=O)N1CCN(Cc2nc3ccccc3s2)CC1. The summed E-state index contributed by atoms with van der Waals surface area (Å²) in [4.78, 5) is 21.6. The molecule has 0 aliphatic carbocycles. The molecule has 0 spiro atoms. The second-order valence-electron chi connectivity index (χ2n) is 6.98. The molecule has 6 heteroatoms. The molecule has 1 aliphatic rings. The first-order valence-corrected chi connectivity index (χ1v) is 10.8. The van der Waals surface area contributed by atoms with Crippen LogP contribution in [0.2, 0.25) is 0 Å². The summed E-state index contributed by atoms with van der Waals surface area (Å²) in [6.07, 6.45) is 3.50. The number of nitrogens with zero attached hydrogens (tertiary/aromatic N) is 3. The second kappa shape index (κ2) is 9.20. The zero-order chi connectivity index (χ0) is 20.1. The lowest BCUT2D eigenvalue weighted by Gasteiger charge is -2.33. The third kappa shape index (κ3) is 4.83. The van der Waals surface area contributed by atoms with Crippen molar-refractivity contribution in [3.63, 3.8) is 0 Å². The van der Waals surface area contributed by atoms with Gasteiger partial charge in [0.05, 0.1) is 23.4 Å². The van der Waals surface area contributed by atoms with Crippen molar-refractivity contribution < 1.29 is 9.53 Å². The zero-order valence-electron chi connectivity index (χ0n) is 16.6. The minimum atomic E-state index is 0.0518. The first-order chi connectivity index (χ1) is 14.2. The Kier molecular flexibility index (Phi) is 6.22. The quantitative estimate of drug-likeness (QED) is 0.578.